The Hall–Kier alpha value is -1.58. The van der Waals surface area contributed by atoms with Gasteiger partial charge in [0.25, 0.3) is 0 Å². The van der Waals surface area contributed by atoms with Crippen molar-refractivity contribution < 1.29 is 4.79 Å². The summed E-state index contributed by atoms with van der Waals surface area (Å²) in [5.74, 6) is 0.000463. The highest BCUT2D eigenvalue weighted by Crippen LogP contribution is 2.30. The van der Waals surface area contributed by atoms with Gasteiger partial charge in [0.05, 0.1) is 17.6 Å². The molecule has 1 unspecified atom stereocenters. The minimum atomic E-state index is -0.506. The SMILES string of the molecule is CCC1(C)Nc2ccncc2NC1=O. The monoisotopic (exact) mass is 191 g/mol. The Labute approximate surface area is 82.7 Å². The van der Waals surface area contributed by atoms with Gasteiger partial charge in [0.15, 0.2) is 0 Å². The van der Waals surface area contributed by atoms with Crippen molar-refractivity contribution in [2.75, 3.05) is 10.6 Å². The highest BCUT2D eigenvalue weighted by Gasteiger charge is 2.35. The number of nitrogens with zero attached hydrogens (tertiary/aromatic N) is 1. The number of fused-ring (bicyclic) bond motifs is 1. The van der Waals surface area contributed by atoms with E-state index in [1.807, 2.05) is 19.9 Å². The summed E-state index contributed by atoms with van der Waals surface area (Å²) in [7, 11) is 0. The van der Waals surface area contributed by atoms with Gasteiger partial charge < -0.3 is 10.6 Å². The van der Waals surface area contributed by atoms with E-state index in [9.17, 15) is 4.79 Å². The summed E-state index contributed by atoms with van der Waals surface area (Å²) >= 11 is 0. The minimum absolute atomic E-state index is 0.000463. The van der Waals surface area contributed by atoms with Gasteiger partial charge in [-0.1, -0.05) is 6.92 Å². The third-order valence-corrected chi connectivity index (χ3v) is 2.69. The van der Waals surface area contributed by atoms with Crippen LogP contribution in [0.3, 0.4) is 0 Å². The Morgan fingerprint density at radius 2 is 2.29 bits per heavy atom. The lowest BCUT2D eigenvalue weighted by Gasteiger charge is -2.34. The van der Waals surface area contributed by atoms with E-state index < -0.39 is 5.54 Å². The topological polar surface area (TPSA) is 54.0 Å². The van der Waals surface area contributed by atoms with E-state index in [2.05, 4.69) is 15.6 Å². The van der Waals surface area contributed by atoms with Crippen molar-refractivity contribution in [2.45, 2.75) is 25.8 Å². The van der Waals surface area contributed by atoms with Crippen LogP contribution in [0, 0.1) is 0 Å². The van der Waals surface area contributed by atoms with Gasteiger partial charge >= 0.3 is 0 Å². The van der Waals surface area contributed by atoms with E-state index in [0.717, 1.165) is 17.8 Å². The first kappa shape index (κ1) is 8.99. The van der Waals surface area contributed by atoms with Crippen molar-refractivity contribution in [1.82, 2.24) is 4.98 Å². The van der Waals surface area contributed by atoms with Gasteiger partial charge in [-0.3, -0.25) is 9.78 Å². The molecule has 1 aliphatic rings. The average Bonchev–Trinajstić information content (AvgIpc) is 2.20. The van der Waals surface area contributed by atoms with Gasteiger partial charge in [-0.25, -0.2) is 0 Å². The number of aromatic nitrogens is 1. The molecular weight excluding hydrogens is 178 g/mol. The summed E-state index contributed by atoms with van der Waals surface area (Å²) < 4.78 is 0. The number of rotatable bonds is 1. The van der Waals surface area contributed by atoms with Gasteiger partial charge in [-0.2, -0.15) is 0 Å². The van der Waals surface area contributed by atoms with Crippen molar-refractivity contribution in [3.63, 3.8) is 0 Å². The van der Waals surface area contributed by atoms with E-state index in [1.54, 1.807) is 12.4 Å². The van der Waals surface area contributed by atoms with Crippen LogP contribution >= 0.6 is 0 Å². The standard InChI is InChI=1S/C10H13N3O/c1-3-10(2)9(14)12-8-6-11-5-4-7(8)13-10/h4-6,13H,3H2,1-2H3,(H,12,14). The predicted molar refractivity (Wildman–Crippen MR) is 55.2 cm³/mol. The van der Waals surface area contributed by atoms with Crippen LogP contribution in [0.4, 0.5) is 11.4 Å². The molecule has 0 radical (unpaired) electrons. The number of nitrogens with one attached hydrogen (secondary N) is 2. The summed E-state index contributed by atoms with van der Waals surface area (Å²) in [6.07, 6.45) is 4.11. The second kappa shape index (κ2) is 2.97. The summed E-state index contributed by atoms with van der Waals surface area (Å²) in [5, 5.41) is 6.06. The Morgan fingerprint density at radius 3 is 3.00 bits per heavy atom. The van der Waals surface area contributed by atoms with Crippen molar-refractivity contribution in [3.8, 4) is 0 Å². The molecule has 4 nitrogen and oxygen atoms in total. The van der Waals surface area contributed by atoms with Crippen molar-refractivity contribution in [3.05, 3.63) is 18.5 Å². The summed E-state index contributed by atoms with van der Waals surface area (Å²) in [6, 6.07) is 1.86. The zero-order chi connectivity index (χ0) is 10.2. The minimum Gasteiger partial charge on any atom is -0.370 e. The smallest absolute Gasteiger partial charge is 0.249 e. The first-order valence-electron chi connectivity index (χ1n) is 4.69. The normalized spacial score (nSPS) is 24.9. The molecule has 0 saturated heterocycles. The molecule has 14 heavy (non-hydrogen) atoms. The first-order valence-corrected chi connectivity index (χ1v) is 4.69. The molecule has 1 atom stereocenters. The summed E-state index contributed by atoms with van der Waals surface area (Å²) in [5.41, 5.74) is 1.18. The van der Waals surface area contributed by atoms with E-state index in [0.29, 0.717) is 0 Å². The lowest BCUT2D eigenvalue weighted by molar-refractivity contribution is -0.120. The second-order valence-electron chi connectivity index (χ2n) is 3.69. The molecule has 1 aromatic heterocycles. The molecule has 74 valence electrons. The van der Waals surface area contributed by atoms with Crippen LogP contribution in [0.25, 0.3) is 0 Å². The summed E-state index contributed by atoms with van der Waals surface area (Å²) in [6.45, 7) is 3.88. The number of carbonyl (C=O) groups is 1. The zero-order valence-electron chi connectivity index (χ0n) is 8.29. The lowest BCUT2D eigenvalue weighted by Crippen LogP contribution is -2.49. The number of pyridine rings is 1. The molecule has 1 aromatic rings. The zero-order valence-corrected chi connectivity index (χ0v) is 8.29. The Balaban J connectivity index is 2.41. The number of hydrogen-bond acceptors (Lipinski definition) is 3. The van der Waals surface area contributed by atoms with Gasteiger partial charge in [0.2, 0.25) is 5.91 Å². The third-order valence-electron chi connectivity index (χ3n) is 2.69. The average molecular weight is 191 g/mol. The summed E-state index contributed by atoms with van der Waals surface area (Å²) in [4.78, 5) is 15.7. The quantitative estimate of drug-likeness (QED) is 0.709. The van der Waals surface area contributed by atoms with Crippen LogP contribution in [0.1, 0.15) is 20.3 Å². The fourth-order valence-corrected chi connectivity index (χ4v) is 1.47. The molecule has 0 aliphatic carbocycles. The fraction of sp³-hybridized carbons (Fsp3) is 0.400. The molecule has 2 N–H and O–H groups in total. The molecule has 0 spiro atoms. The van der Waals surface area contributed by atoms with Crippen LogP contribution in [0.2, 0.25) is 0 Å². The van der Waals surface area contributed by atoms with Gasteiger partial charge in [-0.05, 0) is 19.4 Å². The van der Waals surface area contributed by atoms with Crippen molar-refractivity contribution >= 4 is 17.3 Å². The molecule has 4 heteroatoms. The third kappa shape index (κ3) is 1.23. The Kier molecular flexibility index (Phi) is 1.91. The Morgan fingerprint density at radius 1 is 1.50 bits per heavy atom. The van der Waals surface area contributed by atoms with Crippen LogP contribution in [-0.4, -0.2) is 16.4 Å². The molecule has 2 heterocycles. The maximum Gasteiger partial charge on any atom is 0.249 e. The van der Waals surface area contributed by atoms with E-state index in [-0.39, 0.29) is 5.91 Å². The first-order chi connectivity index (χ1) is 6.65. The number of carbonyl (C=O) groups excluding carboxylic acids is 1. The molecule has 0 bridgehead atoms. The van der Waals surface area contributed by atoms with Crippen LogP contribution in [0.5, 0.6) is 0 Å². The number of anilines is 2. The van der Waals surface area contributed by atoms with Gasteiger partial charge in [0.1, 0.15) is 5.54 Å². The van der Waals surface area contributed by atoms with Crippen LogP contribution < -0.4 is 10.6 Å². The molecule has 0 aromatic carbocycles. The largest absolute Gasteiger partial charge is 0.370 e. The fourth-order valence-electron chi connectivity index (χ4n) is 1.47. The van der Waals surface area contributed by atoms with Crippen LogP contribution in [-0.2, 0) is 4.79 Å². The van der Waals surface area contributed by atoms with E-state index in [4.69, 9.17) is 0 Å². The van der Waals surface area contributed by atoms with E-state index >= 15 is 0 Å². The molecule has 0 saturated carbocycles. The van der Waals surface area contributed by atoms with Crippen molar-refractivity contribution in [1.29, 1.82) is 0 Å². The second-order valence-corrected chi connectivity index (χ2v) is 3.69. The molecule has 2 rings (SSSR count). The Bertz CT molecular complexity index is 377. The predicted octanol–water partition coefficient (Wildman–Crippen LogP) is 1.61. The van der Waals surface area contributed by atoms with Crippen molar-refractivity contribution in [2.24, 2.45) is 0 Å². The number of hydrogen-bond donors (Lipinski definition) is 2. The molecule has 1 amide bonds. The highest BCUT2D eigenvalue weighted by molar-refractivity contribution is 6.05. The van der Waals surface area contributed by atoms with E-state index in [1.165, 1.54) is 0 Å². The van der Waals surface area contributed by atoms with Crippen LogP contribution in [0.15, 0.2) is 18.5 Å². The lowest BCUT2D eigenvalue weighted by atomic mass is 9.95. The number of amides is 1. The molecule has 1 aliphatic heterocycles. The maximum absolute atomic E-state index is 11.7. The molecule has 0 fully saturated rings. The maximum atomic E-state index is 11.7. The van der Waals surface area contributed by atoms with Gasteiger partial charge in [-0.15, -0.1) is 0 Å². The molecular formula is C10H13N3O. The van der Waals surface area contributed by atoms with Gasteiger partial charge in [0, 0.05) is 6.20 Å². The highest BCUT2D eigenvalue weighted by atomic mass is 16.2.